The van der Waals surface area contributed by atoms with Gasteiger partial charge in [0.2, 0.25) is 0 Å². The SMILES string of the molecule is C#CCc1ccc2[nH]cc(C)c2c1. The summed E-state index contributed by atoms with van der Waals surface area (Å²) < 4.78 is 0. The highest BCUT2D eigenvalue weighted by atomic mass is 14.7. The van der Waals surface area contributed by atoms with E-state index in [1.54, 1.807) is 0 Å². The lowest BCUT2D eigenvalue weighted by Gasteiger charge is -1.96. The predicted molar refractivity (Wildman–Crippen MR) is 55.6 cm³/mol. The molecule has 1 aromatic heterocycles. The number of fused-ring (bicyclic) bond motifs is 1. The zero-order valence-electron chi connectivity index (χ0n) is 7.59. The van der Waals surface area contributed by atoms with Gasteiger partial charge in [-0.1, -0.05) is 6.07 Å². The van der Waals surface area contributed by atoms with E-state index in [4.69, 9.17) is 6.42 Å². The second-order valence-electron chi connectivity index (χ2n) is 3.23. The third kappa shape index (κ3) is 1.31. The van der Waals surface area contributed by atoms with Gasteiger partial charge in [-0.2, -0.15) is 0 Å². The minimum Gasteiger partial charge on any atom is -0.361 e. The molecule has 0 atom stereocenters. The summed E-state index contributed by atoms with van der Waals surface area (Å²) in [4.78, 5) is 3.21. The smallest absolute Gasteiger partial charge is 0.0456 e. The molecule has 0 spiro atoms. The molecule has 0 saturated carbocycles. The Bertz CT molecular complexity index is 471. The lowest BCUT2D eigenvalue weighted by Crippen LogP contribution is -1.80. The van der Waals surface area contributed by atoms with Gasteiger partial charge in [0.1, 0.15) is 0 Å². The van der Waals surface area contributed by atoms with Crippen molar-refractivity contribution in [3.8, 4) is 12.3 Å². The number of terminal acetylenes is 1. The van der Waals surface area contributed by atoms with E-state index in [1.807, 2.05) is 6.20 Å². The van der Waals surface area contributed by atoms with Crippen LogP contribution in [0, 0.1) is 19.3 Å². The number of aromatic amines is 1. The van der Waals surface area contributed by atoms with Gasteiger partial charge in [0.25, 0.3) is 0 Å². The molecule has 0 aliphatic rings. The Balaban J connectivity index is 2.60. The van der Waals surface area contributed by atoms with Crippen molar-refractivity contribution in [1.29, 1.82) is 0 Å². The average Bonchev–Trinajstić information content (AvgIpc) is 2.49. The molecule has 1 aromatic carbocycles. The van der Waals surface area contributed by atoms with Crippen molar-refractivity contribution in [2.45, 2.75) is 13.3 Å². The van der Waals surface area contributed by atoms with E-state index < -0.39 is 0 Å². The van der Waals surface area contributed by atoms with E-state index in [2.05, 4.69) is 36.0 Å². The molecule has 1 heterocycles. The molecule has 0 saturated heterocycles. The zero-order valence-corrected chi connectivity index (χ0v) is 7.59. The second kappa shape index (κ2) is 2.99. The van der Waals surface area contributed by atoms with E-state index in [0.29, 0.717) is 6.42 Å². The highest BCUT2D eigenvalue weighted by Gasteiger charge is 1.99. The lowest BCUT2D eigenvalue weighted by molar-refractivity contribution is 1.33. The Kier molecular flexibility index (Phi) is 1.83. The first-order chi connectivity index (χ1) is 6.31. The van der Waals surface area contributed by atoms with Gasteiger partial charge in [0.05, 0.1) is 0 Å². The Morgan fingerprint density at radius 3 is 3.08 bits per heavy atom. The highest BCUT2D eigenvalue weighted by Crippen LogP contribution is 2.18. The molecular formula is C12H11N. The van der Waals surface area contributed by atoms with Crippen LogP contribution in [-0.4, -0.2) is 4.98 Å². The number of aryl methyl sites for hydroxylation is 1. The number of rotatable bonds is 1. The number of aromatic nitrogens is 1. The van der Waals surface area contributed by atoms with Crippen LogP contribution in [0.4, 0.5) is 0 Å². The summed E-state index contributed by atoms with van der Waals surface area (Å²) in [6, 6.07) is 6.30. The van der Waals surface area contributed by atoms with Crippen LogP contribution in [0.5, 0.6) is 0 Å². The molecular weight excluding hydrogens is 158 g/mol. The predicted octanol–water partition coefficient (Wildman–Crippen LogP) is 2.65. The number of benzene rings is 1. The fraction of sp³-hybridized carbons (Fsp3) is 0.167. The molecule has 1 N–H and O–H groups in total. The van der Waals surface area contributed by atoms with Gasteiger partial charge in [-0.05, 0) is 30.2 Å². The second-order valence-corrected chi connectivity index (χ2v) is 3.23. The normalized spacial score (nSPS) is 10.2. The van der Waals surface area contributed by atoms with Crippen molar-refractivity contribution in [2.75, 3.05) is 0 Å². The first kappa shape index (κ1) is 7.94. The van der Waals surface area contributed by atoms with Gasteiger partial charge in [-0.15, -0.1) is 12.3 Å². The molecule has 0 amide bonds. The van der Waals surface area contributed by atoms with Crippen LogP contribution in [0.15, 0.2) is 24.4 Å². The Morgan fingerprint density at radius 1 is 1.46 bits per heavy atom. The van der Waals surface area contributed by atoms with Crippen molar-refractivity contribution in [2.24, 2.45) is 0 Å². The molecule has 0 unspecified atom stereocenters. The lowest BCUT2D eigenvalue weighted by atomic mass is 10.1. The third-order valence-electron chi connectivity index (χ3n) is 2.26. The molecule has 0 fully saturated rings. The van der Waals surface area contributed by atoms with Crippen molar-refractivity contribution < 1.29 is 0 Å². The molecule has 2 rings (SSSR count). The summed E-state index contributed by atoms with van der Waals surface area (Å²) in [7, 11) is 0. The Hall–Kier alpha value is -1.68. The number of hydrogen-bond acceptors (Lipinski definition) is 0. The average molecular weight is 169 g/mol. The van der Waals surface area contributed by atoms with Crippen LogP contribution in [0.25, 0.3) is 10.9 Å². The Labute approximate surface area is 77.8 Å². The number of hydrogen-bond donors (Lipinski definition) is 1. The van der Waals surface area contributed by atoms with E-state index in [0.717, 1.165) is 0 Å². The monoisotopic (exact) mass is 169 g/mol. The van der Waals surface area contributed by atoms with Gasteiger partial charge in [-0.25, -0.2) is 0 Å². The van der Waals surface area contributed by atoms with Crippen LogP contribution >= 0.6 is 0 Å². The molecule has 0 bridgehead atoms. The van der Waals surface area contributed by atoms with E-state index >= 15 is 0 Å². The van der Waals surface area contributed by atoms with Crippen LogP contribution in [-0.2, 0) is 6.42 Å². The van der Waals surface area contributed by atoms with Gasteiger partial charge in [0, 0.05) is 23.5 Å². The molecule has 64 valence electrons. The van der Waals surface area contributed by atoms with Crippen LogP contribution in [0.1, 0.15) is 11.1 Å². The van der Waals surface area contributed by atoms with E-state index in [9.17, 15) is 0 Å². The summed E-state index contributed by atoms with van der Waals surface area (Å²) in [5, 5.41) is 1.27. The van der Waals surface area contributed by atoms with Crippen LogP contribution < -0.4 is 0 Å². The summed E-state index contributed by atoms with van der Waals surface area (Å²) in [6.45, 7) is 2.10. The van der Waals surface area contributed by atoms with Crippen LogP contribution in [0.3, 0.4) is 0 Å². The molecule has 2 aromatic rings. The molecule has 13 heavy (non-hydrogen) atoms. The summed E-state index contributed by atoms with van der Waals surface area (Å²) in [5.41, 5.74) is 3.66. The van der Waals surface area contributed by atoms with E-state index in [-0.39, 0.29) is 0 Å². The first-order valence-electron chi connectivity index (χ1n) is 4.31. The minimum absolute atomic E-state index is 0.709. The highest BCUT2D eigenvalue weighted by molar-refractivity contribution is 5.83. The van der Waals surface area contributed by atoms with E-state index in [1.165, 1.54) is 22.0 Å². The third-order valence-corrected chi connectivity index (χ3v) is 2.26. The van der Waals surface area contributed by atoms with Gasteiger partial charge < -0.3 is 4.98 Å². The van der Waals surface area contributed by atoms with Gasteiger partial charge >= 0.3 is 0 Å². The summed E-state index contributed by atoms with van der Waals surface area (Å²) in [5.74, 6) is 2.65. The van der Waals surface area contributed by atoms with Crippen molar-refractivity contribution in [3.63, 3.8) is 0 Å². The first-order valence-corrected chi connectivity index (χ1v) is 4.31. The number of H-pyrrole nitrogens is 1. The summed E-state index contributed by atoms with van der Waals surface area (Å²) in [6.07, 6.45) is 7.99. The number of nitrogens with one attached hydrogen (secondary N) is 1. The minimum atomic E-state index is 0.709. The molecule has 1 heteroatoms. The maximum Gasteiger partial charge on any atom is 0.0456 e. The summed E-state index contributed by atoms with van der Waals surface area (Å²) >= 11 is 0. The molecule has 0 aliphatic heterocycles. The van der Waals surface area contributed by atoms with Crippen molar-refractivity contribution in [3.05, 3.63) is 35.5 Å². The fourth-order valence-corrected chi connectivity index (χ4v) is 1.54. The fourth-order valence-electron chi connectivity index (χ4n) is 1.54. The largest absolute Gasteiger partial charge is 0.361 e. The molecule has 0 radical (unpaired) electrons. The standard InChI is InChI=1S/C12H11N/c1-3-4-10-5-6-12-11(7-10)9(2)8-13-12/h1,5-8,13H,4H2,2H3. The molecule has 0 aliphatic carbocycles. The maximum atomic E-state index is 5.26. The molecule has 1 nitrogen and oxygen atoms in total. The van der Waals surface area contributed by atoms with Crippen molar-refractivity contribution >= 4 is 10.9 Å². The van der Waals surface area contributed by atoms with Crippen molar-refractivity contribution in [1.82, 2.24) is 4.98 Å². The quantitative estimate of drug-likeness (QED) is 0.632. The van der Waals surface area contributed by atoms with Crippen LogP contribution in [0.2, 0.25) is 0 Å². The topological polar surface area (TPSA) is 15.8 Å². The zero-order chi connectivity index (χ0) is 9.26. The maximum absolute atomic E-state index is 5.26. The van der Waals surface area contributed by atoms with Gasteiger partial charge in [-0.3, -0.25) is 0 Å². The Morgan fingerprint density at radius 2 is 2.31 bits per heavy atom. The van der Waals surface area contributed by atoms with Gasteiger partial charge in [0.15, 0.2) is 0 Å².